The molecule has 1 amide bonds. The first-order valence-corrected chi connectivity index (χ1v) is 22.7. The van der Waals surface area contributed by atoms with E-state index < -0.39 is 24.2 Å². The van der Waals surface area contributed by atoms with Gasteiger partial charge in [0.15, 0.2) is 0 Å². The fourth-order valence-corrected chi connectivity index (χ4v) is 6.97. The van der Waals surface area contributed by atoms with Crippen molar-refractivity contribution >= 4 is 5.91 Å². The van der Waals surface area contributed by atoms with E-state index in [0.717, 1.165) is 38.5 Å². The lowest BCUT2D eigenvalue weighted by molar-refractivity contribution is -0.131. The largest absolute Gasteiger partial charge is 0.394 e. The number of hydrogen-bond acceptors (Lipinski definition) is 4. The average molecular weight is 720 g/mol. The van der Waals surface area contributed by atoms with Crippen LogP contribution in [-0.4, -0.2) is 46.1 Å². The van der Waals surface area contributed by atoms with Crippen molar-refractivity contribution in [1.82, 2.24) is 5.32 Å². The van der Waals surface area contributed by atoms with E-state index in [0.29, 0.717) is 6.42 Å². The molecule has 5 heteroatoms. The summed E-state index contributed by atoms with van der Waals surface area (Å²) >= 11 is 0. The first-order chi connectivity index (χ1) is 25.1. The van der Waals surface area contributed by atoms with Crippen LogP contribution in [0.1, 0.15) is 239 Å². The maximum absolute atomic E-state index is 12.5. The molecule has 0 aromatic carbocycles. The summed E-state index contributed by atoms with van der Waals surface area (Å²) in [5.74, 6) is -0.510. The second kappa shape index (κ2) is 41.6. The number of hydrogen-bond donors (Lipinski definition) is 4. The molecule has 0 fully saturated rings. The minimum absolute atomic E-state index is 0.373. The minimum atomic E-state index is -1.10. The van der Waals surface area contributed by atoms with Gasteiger partial charge < -0.3 is 20.6 Å². The number of aliphatic hydroxyl groups is 3. The Hall–Kier alpha value is -1.17. The molecule has 0 bridgehead atoms. The zero-order chi connectivity index (χ0) is 37.3. The van der Waals surface area contributed by atoms with Gasteiger partial charge in [-0.1, -0.05) is 231 Å². The van der Waals surface area contributed by atoms with Crippen LogP contribution in [0.3, 0.4) is 0 Å². The van der Waals surface area contributed by atoms with Crippen LogP contribution in [-0.2, 0) is 4.79 Å². The van der Waals surface area contributed by atoms with Crippen LogP contribution < -0.4 is 5.32 Å². The highest BCUT2D eigenvalue weighted by atomic mass is 16.3. The second-order valence-electron chi connectivity index (χ2n) is 15.6. The summed E-state index contributed by atoms with van der Waals surface area (Å²) in [5, 5.41) is 33.1. The van der Waals surface area contributed by atoms with Gasteiger partial charge in [-0.15, -0.1) is 0 Å². The summed E-state index contributed by atoms with van der Waals surface area (Å²) in [5.41, 5.74) is 0. The molecular weight excluding hydrogens is 631 g/mol. The van der Waals surface area contributed by atoms with Gasteiger partial charge in [0.2, 0.25) is 5.91 Å². The van der Waals surface area contributed by atoms with Crippen molar-refractivity contribution in [3.63, 3.8) is 0 Å². The summed E-state index contributed by atoms with van der Waals surface area (Å²) in [4.78, 5) is 12.5. The average Bonchev–Trinajstić information content (AvgIpc) is 3.13. The minimum Gasteiger partial charge on any atom is -0.394 e. The van der Waals surface area contributed by atoms with E-state index in [-0.39, 0.29) is 6.61 Å². The van der Waals surface area contributed by atoms with Crippen LogP contribution in [0.5, 0.6) is 0 Å². The molecule has 3 unspecified atom stereocenters. The molecular formula is C46H89NO4. The van der Waals surface area contributed by atoms with Gasteiger partial charge in [0.1, 0.15) is 6.10 Å². The lowest BCUT2D eigenvalue weighted by atomic mass is 10.0. The zero-order valence-corrected chi connectivity index (χ0v) is 34.2. The van der Waals surface area contributed by atoms with Gasteiger partial charge in [0.25, 0.3) is 0 Å². The van der Waals surface area contributed by atoms with Crippen LogP contribution in [0.4, 0.5) is 0 Å². The number of nitrogens with one attached hydrogen (secondary N) is 1. The molecule has 51 heavy (non-hydrogen) atoms. The first-order valence-electron chi connectivity index (χ1n) is 22.7. The van der Waals surface area contributed by atoms with Gasteiger partial charge in [0, 0.05) is 0 Å². The van der Waals surface area contributed by atoms with E-state index in [9.17, 15) is 20.1 Å². The quantitative estimate of drug-likeness (QED) is 0.0374. The molecule has 0 spiro atoms. The fraction of sp³-hybridized carbons (Fsp3) is 0.891. The molecule has 0 aliphatic heterocycles. The van der Waals surface area contributed by atoms with Crippen molar-refractivity contribution < 1.29 is 20.1 Å². The highest BCUT2D eigenvalue weighted by Crippen LogP contribution is 2.16. The standard InChI is InChI=1S/C46H89NO4/c1-3-5-7-9-11-13-15-17-19-21-23-25-26-28-30-32-34-36-38-40-44(49)43(42-48)47-46(51)45(50)41-39-37-35-33-31-29-27-24-22-20-18-16-14-12-10-8-6-4-2/h30,32,38,40,43-45,48-50H,3-29,31,33-37,39,41-42H2,1-2H3,(H,47,51)/b32-30+,40-38+. The van der Waals surface area contributed by atoms with Crippen molar-refractivity contribution in [3.8, 4) is 0 Å². The third-order valence-electron chi connectivity index (χ3n) is 10.5. The van der Waals surface area contributed by atoms with Crippen molar-refractivity contribution in [3.05, 3.63) is 24.3 Å². The number of unbranched alkanes of at least 4 members (excludes halogenated alkanes) is 31. The Morgan fingerprint density at radius 1 is 0.471 bits per heavy atom. The van der Waals surface area contributed by atoms with Crippen LogP contribution >= 0.6 is 0 Å². The predicted molar refractivity (Wildman–Crippen MR) is 222 cm³/mol. The topological polar surface area (TPSA) is 89.8 Å². The predicted octanol–water partition coefficient (Wildman–Crippen LogP) is 13.0. The van der Waals surface area contributed by atoms with Gasteiger partial charge in [-0.2, -0.15) is 0 Å². The summed E-state index contributed by atoms with van der Waals surface area (Å²) < 4.78 is 0. The maximum Gasteiger partial charge on any atom is 0.249 e. The summed E-state index contributed by atoms with van der Waals surface area (Å²) in [7, 11) is 0. The van der Waals surface area contributed by atoms with Crippen molar-refractivity contribution in [2.45, 2.75) is 257 Å². The van der Waals surface area contributed by atoms with E-state index in [4.69, 9.17) is 0 Å². The van der Waals surface area contributed by atoms with Gasteiger partial charge in [-0.25, -0.2) is 0 Å². The van der Waals surface area contributed by atoms with E-state index in [1.807, 2.05) is 6.08 Å². The third-order valence-corrected chi connectivity index (χ3v) is 10.5. The first kappa shape index (κ1) is 49.8. The normalized spacial score (nSPS) is 13.7. The van der Waals surface area contributed by atoms with Crippen LogP contribution in [0.25, 0.3) is 0 Å². The Kier molecular flexibility index (Phi) is 40.6. The molecule has 0 aliphatic rings. The third kappa shape index (κ3) is 37.0. The van der Waals surface area contributed by atoms with E-state index >= 15 is 0 Å². The van der Waals surface area contributed by atoms with Crippen molar-refractivity contribution in [2.75, 3.05) is 6.61 Å². The lowest BCUT2D eigenvalue weighted by Crippen LogP contribution is -2.48. The molecule has 0 saturated carbocycles. The summed E-state index contributed by atoms with van der Waals surface area (Å²) in [6, 6.07) is -0.810. The zero-order valence-electron chi connectivity index (χ0n) is 34.2. The van der Waals surface area contributed by atoms with Gasteiger partial charge >= 0.3 is 0 Å². The Morgan fingerprint density at radius 3 is 1.20 bits per heavy atom. The number of aliphatic hydroxyl groups excluding tert-OH is 3. The Morgan fingerprint density at radius 2 is 0.804 bits per heavy atom. The molecule has 0 rings (SSSR count). The number of allylic oxidation sites excluding steroid dienone is 3. The number of amides is 1. The maximum atomic E-state index is 12.5. The fourth-order valence-electron chi connectivity index (χ4n) is 6.97. The van der Waals surface area contributed by atoms with Crippen molar-refractivity contribution in [1.29, 1.82) is 0 Å². The molecule has 0 aromatic heterocycles. The van der Waals surface area contributed by atoms with Crippen LogP contribution in [0.15, 0.2) is 24.3 Å². The van der Waals surface area contributed by atoms with Gasteiger partial charge in [-0.05, 0) is 32.1 Å². The highest BCUT2D eigenvalue weighted by molar-refractivity contribution is 5.80. The van der Waals surface area contributed by atoms with E-state index in [1.54, 1.807) is 6.08 Å². The number of carbonyl (C=O) groups excluding carboxylic acids is 1. The van der Waals surface area contributed by atoms with Crippen molar-refractivity contribution in [2.24, 2.45) is 0 Å². The lowest BCUT2D eigenvalue weighted by Gasteiger charge is -2.21. The smallest absolute Gasteiger partial charge is 0.249 e. The van der Waals surface area contributed by atoms with Gasteiger partial charge in [-0.3, -0.25) is 4.79 Å². The van der Waals surface area contributed by atoms with E-state index in [1.165, 1.54) is 180 Å². The second-order valence-corrected chi connectivity index (χ2v) is 15.6. The van der Waals surface area contributed by atoms with E-state index in [2.05, 4.69) is 31.3 Å². The Labute approximate surface area is 318 Å². The van der Waals surface area contributed by atoms with Crippen LogP contribution in [0, 0.1) is 0 Å². The highest BCUT2D eigenvalue weighted by Gasteiger charge is 2.22. The SMILES string of the molecule is CCCCCCCCCCCCCCC/C=C/CC/C=C/C(O)C(CO)NC(=O)C(O)CCCCCCCCCCCCCCCCCCCC. The molecule has 302 valence electrons. The Balaban J connectivity index is 3.68. The summed E-state index contributed by atoms with van der Waals surface area (Å²) in [6.45, 7) is 4.18. The molecule has 0 aromatic rings. The Bertz CT molecular complexity index is 754. The van der Waals surface area contributed by atoms with Gasteiger partial charge in [0.05, 0.1) is 18.8 Å². The molecule has 0 heterocycles. The number of rotatable bonds is 41. The molecule has 0 aliphatic carbocycles. The molecule has 0 saturated heterocycles. The molecule has 3 atom stereocenters. The number of carbonyl (C=O) groups is 1. The molecule has 0 radical (unpaired) electrons. The summed E-state index contributed by atoms with van der Waals surface area (Å²) in [6.07, 6.45) is 50.7. The molecule has 4 N–H and O–H groups in total. The molecule has 5 nitrogen and oxygen atoms in total. The van der Waals surface area contributed by atoms with Crippen LogP contribution in [0.2, 0.25) is 0 Å². The monoisotopic (exact) mass is 720 g/mol.